The summed E-state index contributed by atoms with van der Waals surface area (Å²) in [5, 5.41) is 13.9. The normalized spacial score (nSPS) is 10.6. The van der Waals surface area contributed by atoms with Crippen molar-refractivity contribution in [1.82, 2.24) is 5.16 Å². The Labute approximate surface area is 134 Å². The van der Waals surface area contributed by atoms with Crippen LogP contribution in [0, 0.1) is 0 Å². The lowest BCUT2D eigenvalue weighted by Gasteiger charge is -2.05. The molecular weight excluding hydrogens is 294 g/mol. The molecule has 0 aliphatic heterocycles. The minimum Gasteiger partial charge on any atom is -0.497 e. The van der Waals surface area contributed by atoms with E-state index in [1.165, 1.54) is 0 Å². The van der Waals surface area contributed by atoms with Crippen molar-refractivity contribution < 1.29 is 19.1 Å². The summed E-state index contributed by atoms with van der Waals surface area (Å²) in [7, 11) is 3.21. The number of ether oxygens (including phenoxy) is 2. The third-order valence-corrected chi connectivity index (χ3v) is 3.62. The van der Waals surface area contributed by atoms with E-state index in [4.69, 9.17) is 14.0 Å². The number of hydrogen-bond acceptors (Lipinski definition) is 5. The number of aromatic nitrogens is 1. The molecule has 1 heterocycles. The molecule has 5 heteroatoms. The van der Waals surface area contributed by atoms with E-state index in [1.807, 2.05) is 48.5 Å². The molecule has 0 saturated heterocycles. The second-order valence-corrected chi connectivity index (χ2v) is 4.96. The van der Waals surface area contributed by atoms with Gasteiger partial charge in [-0.15, -0.1) is 0 Å². The van der Waals surface area contributed by atoms with E-state index in [0.29, 0.717) is 22.8 Å². The molecule has 3 rings (SSSR count). The zero-order valence-corrected chi connectivity index (χ0v) is 12.9. The van der Waals surface area contributed by atoms with Crippen LogP contribution < -0.4 is 9.47 Å². The maximum Gasteiger partial charge on any atom is 0.173 e. The number of benzene rings is 2. The lowest BCUT2D eigenvalue weighted by atomic mass is 10.0. The first-order valence-corrected chi connectivity index (χ1v) is 7.15. The standard InChI is InChI=1S/C18H17NO4/c1-21-14-7-3-5-12(9-14)17-16(11-20)18(23-19-17)13-6-4-8-15(10-13)22-2/h3-10,20H,11H2,1-2H3. The summed E-state index contributed by atoms with van der Waals surface area (Å²) in [5.74, 6) is 1.97. The van der Waals surface area contributed by atoms with Crippen molar-refractivity contribution in [2.24, 2.45) is 0 Å². The third kappa shape index (κ3) is 2.91. The Kier molecular flexibility index (Phi) is 4.30. The average molecular weight is 311 g/mol. The predicted molar refractivity (Wildman–Crippen MR) is 86.4 cm³/mol. The molecule has 0 bridgehead atoms. The van der Waals surface area contributed by atoms with E-state index in [9.17, 15) is 5.11 Å². The maximum absolute atomic E-state index is 9.80. The molecule has 3 aromatic rings. The van der Waals surface area contributed by atoms with Crippen LogP contribution in [0.15, 0.2) is 53.1 Å². The topological polar surface area (TPSA) is 64.7 Å². The molecule has 0 saturated carbocycles. The molecule has 0 unspecified atom stereocenters. The highest BCUT2D eigenvalue weighted by Gasteiger charge is 2.19. The van der Waals surface area contributed by atoms with E-state index >= 15 is 0 Å². The van der Waals surface area contributed by atoms with Gasteiger partial charge in [-0.25, -0.2) is 0 Å². The van der Waals surface area contributed by atoms with Crippen molar-refractivity contribution in [1.29, 1.82) is 0 Å². The minimum atomic E-state index is -0.178. The second-order valence-electron chi connectivity index (χ2n) is 4.96. The van der Waals surface area contributed by atoms with Gasteiger partial charge in [0.2, 0.25) is 0 Å². The summed E-state index contributed by atoms with van der Waals surface area (Å²) in [6.45, 7) is -0.178. The van der Waals surface area contributed by atoms with Crippen LogP contribution in [0.25, 0.3) is 22.6 Å². The van der Waals surface area contributed by atoms with Gasteiger partial charge in [0.05, 0.1) is 26.4 Å². The Morgan fingerprint density at radius 3 is 2.17 bits per heavy atom. The first-order chi connectivity index (χ1) is 11.3. The van der Waals surface area contributed by atoms with Crippen molar-refractivity contribution in [3.8, 4) is 34.1 Å². The molecule has 0 radical (unpaired) electrons. The van der Waals surface area contributed by atoms with E-state index < -0.39 is 0 Å². The van der Waals surface area contributed by atoms with E-state index in [1.54, 1.807) is 14.2 Å². The van der Waals surface area contributed by atoms with Crippen molar-refractivity contribution in [3.05, 3.63) is 54.1 Å². The number of methoxy groups -OCH3 is 2. The molecule has 1 N–H and O–H groups in total. The molecule has 0 spiro atoms. The van der Waals surface area contributed by atoms with Crippen molar-refractivity contribution >= 4 is 0 Å². The maximum atomic E-state index is 9.80. The first kappa shape index (κ1) is 15.1. The van der Waals surface area contributed by atoms with Crippen molar-refractivity contribution in [2.45, 2.75) is 6.61 Å². The van der Waals surface area contributed by atoms with Crippen molar-refractivity contribution in [3.63, 3.8) is 0 Å². The van der Waals surface area contributed by atoms with Gasteiger partial charge in [-0.05, 0) is 24.3 Å². The van der Waals surface area contributed by atoms with Gasteiger partial charge in [0, 0.05) is 11.1 Å². The predicted octanol–water partition coefficient (Wildman–Crippen LogP) is 3.52. The van der Waals surface area contributed by atoms with Gasteiger partial charge in [0.15, 0.2) is 5.76 Å². The van der Waals surface area contributed by atoms with Crippen LogP contribution >= 0.6 is 0 Å². The number of hydrogen-bond donors (Lipinski definition) is 1. The van der Waals surface area contributed by atoms with E-state index in [2.05, 4.69) is 5.16 Å². The molecule has 5 nitrogen and oxygen atoms in total. The highest BCUT2D eigenvalue weighted by atomic mass is 16.5. The molecule has 118 valence electrons. The molecule has 0 aliphatic carbocycles. The van der Waals surface area contributed by atoms with Crippen LogP contribution in [-0.4, -0.2) is 24.5 Å². The average Bonchev–Trinajstić information content (AvgIpc) is 3.05. The fourth-order valence-electron chi connectivity index (χ4n) is 2.44. The summed E-state index contributed by atoms with van der Waals surface area (Å²) in [6.07, 6.45) is 0. The summed E-state index contributed by atoms with van der Waals surface area (Å²) in [4.78, 5) is 0. The molecular formula is C18H17NO4. The minimum absolute atomic E-state index is 0.178. The van der Waals surface area contributed by atoms with Crippen LogP contribution in [0.3, 0.4) is 0 Å². The van der Waals surface area contributed by atoms with E-state index in [-0.39, 0.29) is 6.61 Å². The van der Waals surface area contributed by atoms with Gasteiger partial charge in [0.1, 0.15) is 17.2 Å². The highest BCUT2D eigenvalue weighted by molar-refractivity contribution is 5.73. The lowest BCUT2D eigenvalue weighted by Crippen LogP contribution is -1.90. The van der Waals surface area contributed by atoms with Gasteiger partial charge in [0.25, 0.3) is 0 Å². The van der Waals surface area contributed by atoms with E-state index in [0.717, 1.165) is 16.9 Å². The second kappa shape index (κ2) is 6.54. The lowest BCUT2D eigenvalue weighted by molar-refractivity contribution is 0.281. The molecule has 0 atom stereocenters. The van der Waals surface area contributed by atoms with Crippen LogP contribution in [0.4, 0.5) is 0 Å². The summed E-state index contributed by atoms with van der Waals surface area (Å²) >= 11 is 0. The quantitative estimate of drug-likeness (QED) is 0.781. The Bertz CT molecular complexity index is 745. The number of rotatable bonds is 5. The van der Waals surface area contributed by atoms with Gasteiger partial charge in [-0.3, -0.25) is 0 Å². The zero-order chi connectivity index (χ0) is 16.2. The number of nitrogens with zero attached hydrogens (tertiary/aromatic N) is 1. The summed E-state index contributed by atoms with van der Waals surface area (Å²) in [5.41, 5.74) is 2.86. The van der Waals surface area contributed by atoms with Gasteiger partial charge in [-0.2, -0.15) is 0 Å². The molecule has 23 heavy (non-hydrogen) atoms. The number of aliphatic hydroxyl groups excluding tert-OH is 1. The van der Waals surface area contributed by atoms with Crippen LogP contribution in [0.5, 0.6) is 11.5 Å². The fourth-order valence-corrected chi connectivity index (χ4v) is 2.44. The fraction of sp³-hybridized carbons (Fsp3) is 0.167. The Morgan fingerprint density at radius 2 is 1.57 bits per heavy atom. The number of aliphatic hydroxyl groups is 1. The molecule has 2 aromatic carbocycles. The summed E-state index contributed by atoms with van der Waals surface area (Å²) < 4.78 is 16.0. The molecule has 1 aromatic heterocycles. The molecule has 0 aliphatic rings. The Hall–Kier alpha value is -2.79. The van der Waals surface area contributed by atoms with Gasteiger partial charge < -0.3 is 19.1 Å². The largest absolute Gasteiger partial charge is 0.497 e. The Morgan fingerprint density at radius 1 is 0.957 bits per heavy atom. The van der Waals surface area contributed by atoms with Gasteiger partial charge >= 0.3 is 0 Å². The van der Waals surface area contributed by atoms with Gasteiger partial charge in [-0.1, -0.05) is 29.4 Å². The molecule has 0 fully saturated rings. The monoisotopic (exact) mass is 311 g/mol. The van der Waals surface area contributed by atoms with Crippen LogP contribution in [0.2, 0.25) is 0 Å². The van der Waals surface area contributed by atoms with Crippen LogP contribution in [-0.2, 0) is 6.61 Å². The smallest absolute Gasteiger partial charge is 0.173 e. The SMILES string of the molecule is COc1cccc(-c2noc(-c3cccc(OC)c3)c2CO)c1. The Balaban J connectivity index is 2.09. The first-order valence-electron chi connectivity index (χ1n) is 7.15. The highest BCUT2D eigenvalue weighted by Crippen LogP contribution is 2.34. The summed E-state index contributed by atoms with van der Waals surface area (Å²) in [6, 6.07) is 14.9. The third-order valence-electron chi connectivity index (χ3n) is 3.62. The van der Waals surface area contributed by atoms with Crippen LogP contribution in [0.1, 0.15) is 5.56 Å². The zero-order valence-electron chi connectivity index (χ0n) is 12.9. The van der Waals surface area contributed by atoms with Crippen molar-refractivity contribution in [2.75, 3.05) is 14.2 Å². The molecule has 0 amide bonds.